The van der Waals surface area contributed by atoms with Crippen molar-refractivity contribution in [2.24, 2.45) is 0 Å². The summed E-state index contributed by atoms with van der Waals surface area (Å²) in [6.45, 7) is 0.503. The minimum absolute atomic E-state index is 0.103. The minimum Gasteiger partial charge on any atom is -0.490 e. The van der Waals surface area contributed by atoms with Gasteiger partial charge in [0.05, 0.1) is 5.69 Å². The third-order valence-electron chi connectivity index (χ3n) is 4.17. The minimum atomic E-state index is -0.553. The number of rotatable bonds is 8. The quantitative estimate of drug-likeness (QED) is 0.319. The van der Waals surface area contributed by atoms with E-state index in [0.717, 1.165) is 5.75 Å². The van der Waals surface area contributed by atoms with Crippen LogP contribution in [-0.2, 0) is 11.3 Å². The van der Waals surface area contributed by atoms with Crippen molar-refractivity contribution in [2.75, 3.05) is 13.2 Å². The molecule has 0 saturated carbocycles. The molecule has 0 spiro atoms. The Morgan fingerprint density at radius 3 is 2.63 bits per heavy atom. The molecular weight excluding hydrogens is 404 g/mol. The number of hydrogen-bond donors (Lipinski definition) is 0. The van der Waals surface area contributed by atoms with E-state index in [4.69, 9.17) is 14.2 Å². The molecule has 0 bridgehead atoms. The fourth-order valence-corrected chi connectivity index (χ4v) is 3.51. The van der Waals surface area contributed by atoms with Crippen LogP contribution in [0, 0.1) is 0 Å². The average Bonchev–Trinajstić information content (AvgIpc) is 3.25. The molecular formula is C22H18N2O5S. The molecule has 0 N–H and O–H groups in total. The van der Waals surface area contributed by atoms with E-state index in [0.29, 0.717) is 28.6 Å². The summed E-state index contributed by atoms with van der Waals surface area (Å²) in [6, 6.07) is 17.6. The average molecular weight is 422 g/mol. The second kappa shape index (κ2) is 9.23. The molecule has 0 saturated heterocycles. The number of thiazole rings is 1. The number of fused-ring (bicyclic) bond motifs is 1. The summed E-state index contributed by atoms with van der Waals surface area (Å²) >= 11 is 1.34. The van der Waals surface area contributed by atoms with Crippen LogP contribution in [0.5, 0.6) is 11.5 Å². The van der Waals surface area contributed by atoms with Crippen LogP contribution in [0.3, 0.4) is 0 Å². The largest absolute Gasteiger partial charge is 0.490 e. The van der Waals surface area contributed by atoms with Crippen LogP contribution >= 0.6 is 11.3 Å². The predicted octanol–water partition coefficient (Wildman–Crippen LogP) is 3.57. The topological polar surface area (TPSA) is 79.1 Å². The van der Waals surface area contributed by atoms with Gasteiger partial charge in [-0.15, -0.1) is 11.3 Å². The molecule has 30 heavy (non-hydrogen) atoms. The summed E-state index contributed by atoms with van der Waals surface area (Å²) in [6.07, 6.45) is 1.65. The highest BCUT2D eigenvalue weighted by Gasteiger charge is 2.15. The Labute approximate surface area is 176 Å². The summed E-state index contributed by atoms with van der Waals surface area (Å²) < 4.78 is 18.1. The maximum Gasteiger partial charge on any atom is 0.342 e. The maximum atomic E-state index is 12.5. The van der Waals surface area contributed by atoms with Crippen LogP contribution in [0.15, 0.2) is 77.0 Å². The van der Waals surface area contributed by atoms with Crippen molar-refractivity contribution in [3.8, 4) is 11.5 Å². The zero-order valence-corrected chi connectivity index (χ0v) is 16.7. The number of hydrogen-bond acceptors (Lipinski definition) is 7. The molecule has 0 amide bonds. The number of ether oxygens (including phenoxy) is 3. The monoisotopic (exact) mass is 422 g/mol. The Balaban J connectivity index is 1.36. The normalized spacial score (nSPS) is 10.7. The second-order valence-corrected chi connectivity index (χ2v) is 7.10. The molecule has 0 aliphatic heterocycles. The lowest BCUT2D eigenvalue weighted by Crippen LogP contribution is -2.15. The van der Waals surface area contributed by atoms with Crippen molar-refractivity contribution >= 4 is 22.3 Å². The Bertz CT molecular complexity index is 1200. The number of benzene rings is 2. The first kappa shape index (κ1) is 19.7. The van der Waals surface area contributed by atoms with Gasteiger partial charge in [0.1, 0.15) is 36.9 Å². The van der Waals surface area contributed by atoms with Gasteiger partial charge >= 0.3 is 5.97 Å². The van der Waals surface area contributed by atoms with E-state index in [9.17, 15) is 9.59 Å². The molecule has 2 heterocycles. The summed E-state index contributed by atoms with van der Waals surface area (Å²) in [5.74, 6) is 0.601. The van der Waals surface area contributed by atoms with Crippen LogP contribution < -0.4 is 15.0 Å². The summed E-state index contributed by atoms with van der Waals surface area (Å²) in [4.78, 5) is 29.5. The molecule has 0 radical (unpaired) electrons. The van der Waals surface area contributed by atoms with E-state index in [1.165, 1.54) is 21.8 Å². The summed E-state index contributed by atoms with van der Waals surface area (Å²) in [5.41, 5.74) is 0.478. The van der Waals surface area contributed by atoms with Crippen molar-refractivity contribution in [1.29, 1.82) is 0 Å². The van der Waals surface area contributed by atoms with Gasteiger partial charge in [-0.1, -0.05) is 30.3 Å². The third kappa shape index (κ3) is 4.66. The van der Waals surface area contributed by atoms with Gasteiger partial charge in [-0.2, -0.15) is 0 Å². The van der Waals surface area contributed by atoms with Crippen LogP contribution in [-0.4, -0.2) is 28.6 Å². The zero-order valence-electron chi connectivity index (χ0n) is 15.9. The van der Waals surface area contributed by atoms with E-state index < -0.39 is 5.97 Å². The molecule has 2 aromatic heterocycles. The van der Waals surface area contributed by atoms with Crippen LogP contribution in [0.2, 0.25) is 0 Å². The molecule has 7 nitrogen and oxygen atoms in total. The van der Waals surface area contributed by atoms with Gasteiger partial charge in [-0.05, 0) is 24.3 Å². The highest BCUT2D eigenvalue weighted by Crippen LogP contribution is 2.20. The van der Waals surface area contributed by atoms with Crippen molar-refractivity contribution in [3.05, 3.63) is 93.9 Å². The number of para-hydroxylation sites is 2. The van der Waals surface area contributed by atoms with Gasteiger partial charge in [0, 0.05) is 17.6 Å². The van der Waals surface area contributed by atoms with E-state index in [1.807, 2.05) is 30.3 Å². The number of nitrogens with zero attached hydrogens (tertiary/aromatic N) is 2. The van der Waals surface area contributed by atoms with Crippen molar-refractivity contribution < 1.29 is 19.0 Å². The number of carbonyl (C=O) groups excluding carboxylic acids is 1. The summed E-state index contributed by atoms with van der Waals surface area (Å²) in [7, 11) is 0. The first-order chi connectivity index (χ1) is 14.7. The molecule has 4 rings (SSSR count). The lowest BCUT2D eigenvalue weighted by atomic mass is 10.2. The molecule has 0 unspecified atom stereocenters. The van der Waals surface area contributed by atoms with E-state index in [-0.39, 0.29) is 18.8 Å². The van der Waals surface area contributed by atoms with E-state index in [2.05, 4.69) is 4.98 Å². The smallest absolute Gasteiger partial charge is 0.342 e. The molecule has 0 aliphatic rings. The Morgan fingerprint density at radius 1 is 1.00 bits per heavy atom. The highest BCUT2D eigenvalue weighted by atomic mass is 32.1. The zero-order chi connectivity index (χ0) is 20.8. The molecule has 4 aromatic rings. The standard InChI is InChI=1S/C22H18N2O5S/c25-20-14-16(23-22-24(20)10-13-30-22)15-29-21(26)18-8-4-5-9-19(18)28-12-11-27-17-6-2-1-3-7-17/h1-10,13-14H,11-12,15H2. The van der Waals surface area contributed by atoms with Crippen molar-refractivity contribution in [3.63, 3.8) is 0 Å². The molecule has 152 valence electrons. The third-order valence-corrected chi connectivity index (χ3v) is 4.92. The van der Waals surface area contributed by atoms with Crippen molar-refractivity contribution in [2.45, 2.75) is 6.61 Å². The second-order valence-electron chi connectivity index (χ2n) is 6.22. The first-order valence-electron chi connectivity index (χ1n) is 9.23. The predicted molar refractivity (Wildman–Crippen MR) is 112 cm³/mol. The Hall–Kier alpha value is -3.65. The van der Waals surface area contributed by atoms with Crippen molar-refractivity contribution in [1.82, 2.24) is 9.38 Å². The maximum absolute atomic E-state index is 12.5. The van der Waals surface area contributed by atoms with Gasteiger partial charge < -0.3 is 14.2 Å². The Morgan fingerprint density at radius 2 is 1.77 bits per heavy atom. The van der Waals surface area contributed by atoms with E-state index >= 15 is 0 Å². The lowest BCUT2D eigenvalue weighted by Gasteiger charge is -2.12. The van der Waals surface area contributed by atoms with Crippen LogP contribution in [0.1, 0.15) is 16.1 Å². The molecule has 8 heteroatoms. The highest BCUT2D eigenvalue weighted by molar-refractivity contribution is 7.15. The van der Waals surface area contributed by atoms with E-state index in [1.54, 1.807) is 35.8 Å². The van der Waals surface area contributed by atoms with Crippen LogP contribution in [0.25, 0.3) is 4.96 Å². The Kier molecular flexibility index (Phi) is 6.05. The van der Waals surface area contributed by atoms with Gasteiger partial charge in [-0.25, -0.2) is 9.78 Å². The first-order valence-corrected chi connectivity index (χ1v) is 10.1. The molecule has 0 aliphatic carbocycles. The van der Waals surface area contributed by atoms with Gasteiger partial charge in [0.25, 0.3) is 5.56 Å². The lowest BCUT2D eigenvalue weighted by molar-refractivity contribution is 0.0462. The van der Waals surface area contributed by atoms with Gasteiger partial charge in [-0.3, -0.25) is 9.20 Å². The number of carbonyl (C=O) groups is 1. The molecule has 0 fully saturated rings. The number of esters is 1. The SMILES string of the molecule is O=C(OCc1cc(=O)n2ccsc2n1)c1ccccc1OCCOc1ccccc1. The molecule has 2 aromatic carbocycles. The number of aromatic nitrogens is 2. The van der Waals surface area contributed by atoms with Crippen LogP contribution in [0.4, 0.5) is 0 Å². The molecule has 0 atom stereocenters. The van der Waals surface area contributed by atoms with Gasteiger partial charge in [0.2, 0.25) is 0 Å². The fraction of sp³-hybridized carbons (Fsp3) is 0.136. The van der Waals surface area contributed by atoms with Gasteiger partial charge in [0.15, 0.2) is 4.96 Å². The summed E-state index contributed by atoms with van der Waals surface area (Å²) in [5, 5.41) is 1.77. The fourth-order valence-electron chi connectivity index (χ4n) is 2.77.